The Bertz CT molecular complexity index is 1200. The van der Waals surface area contributed by atoms with Gasteiger partial charge in [-0.3, -0.25) is 14.6 Å². The van der Waals surface area contributed by atoms with E-state index in [4.69, 9.17) is 11.6 Å². The molecule has 29 heavy (non-hydrogen) atoms. The molecule has 148 valence electrons. The van der Waals surface area contributed by atoms with E-state index < -0.39 is 23.1 Å². The summed E-state index contributed by atoms with van der Waals surface area (Å²) in [5.41, 5.74) is 0.0506. The van der Waals surface area contributed by atoms with Crippen LogP contribution in [0.1, 0.15) is 26.3 Å². The molecule has 2 aromatic carbocycles. The van der Waals surface area contributed by atoms with E-state index in [0.29, 0.717) is 11.1 Å². The number of carbonyl (C=O) groups excluding carboxylic acids is 2. The minimum absolute atomic E-state index is 0.119. The number of halogens is 1. The fraction of sp³-hybridized carbons (Fsp3) is 0.105. The Balaban J connectivity index is 1.82. The molecule has 0 aliphatic heterocycles. The minimum atomic E-state index is -0.745. The van der Waals surface area contributed by atoms with E-state index in [1.54, 1.807) is 24.3 Å². The highest BCUT2D eigenvalue weighted by Crippen LogP contribution is 2.19. The first-order valence-electron chi connectivity index (χ1n) is 8.33. The predicted octanol–water partition coefficient (Wildman–Crippen LogP) is 1.29. The standard InChI is InChI=1S/C19H15ClN4O5/c1-29-18(27)12-4-2-3-11(7-12)9-21-17(26)14-8-13(5-6-15(14)20)24-19(28)23-16(25)10-22-24/h2-8,10H,9H2,1H3,(H,21,26)(H,23,25,28). The number of hydrogen-bond donors (Lipinski definition) is 2. The largest absolute Gasteiger partial charge is 0.465 e. The van der Waals surface area contributed by atoms with Crippen LogP contribution >= 0.6 is 11.6 Å². The van der Waals surface area contributed by atoms with Crippen LogP contribution in [0.25, 0.3) is 5.69 Å². The predicted molar refractivity (Wildman–Crippen MR) is 104 cm³/mol. The number of esters is 1. The first-order chi connectivity index (χ1) is 13.9. The van der Waals surface area contributed by atoms with Gasteiger partial charge in [0.15, 0.2) is 0 Å². The summed E-state index contributed by atoms with van der Waals surface area (Å²) < 4.78 is 5.61. The molecule has 9 nitrogen and oxygen atoms in total. The first-order valence-corrected chi connectivity index (χ1v) is 8.71. The molecule has 0 saturated heterocycles. The molecular formula is C19H15ClN4O5. The molecule has 0 fully saturated rings. The average molecular weight is 415 g/mol. The molecule has 0 unspecified atom stereocenters. The van der Waals surface area contributed by atoms with Crippen LogP contribution in [-0.2, 0) is 11.3 Å². The van der Waals surface area contributed by atoms with E-state index in [9.17, 15) is 19.2 Å². The topological polar surface area (TPSA) is 123 Å². The lowest BCUT2D eigenvalue weighted by Gasteiger charge is -2.10. The molecule has 0 aliphatic rings. The second-order valence-electron chi connectivity index (χ2n) is 5.89. The molecule has 1 amide bonds. The lowest BCUT2D eigenvalue weighted by Crippen LogP contribution is -2.30. The van der Waals surface area contributed by atoms with Gasteiger partial charge in [-0.25, -0.2) is 9.59 Å². The summed E-state index contributed by atoms with van der Waals surface area (Å²) in [6, 6.07) is 11.0. The Hall–Kier alpha value is -3.72. The van der Waals surface area contributed by atoms with Crippen LogP contribution in [-0.4, -0.2) is 33.8 Å². The van der Waals surface area contributed by atoms with Gasteiger partial charge in [-0.15, -0.1) is 0 Å². The van der Waals surface area contributed by atoms with Crippen molar-refractivity contribution in [2.24, 2.45) is 0 Å². The van der Waals surface area contributed by atoms with Crippen LogP contribution in [0.2, 0.25) is 5.02 Å². The summed E-state index contributed by atoms with van der Waals surface area (Å²) in [6.45, 7) is 0.140. The van der Waals surface area contributed by atoms with Crippen LogP contribution in [0.15, 0.2) is 58.3 Å². The Morgan fingerprint density at radius 3 is 2.72 bits per heavy atom. The zero-order chi connectivity index (χ0) is 21.0. The van der Waals surface area contributed by atoms with Gasteiger partial charge >= 0.3 is 11.7 Å². The number of ether oxygens (including phenoxy) is 1. The van der Waals surface area contributed by atoms with Gasteiger partial charge in [-0.2, -0.15) is 9.78 Å². The fourth-order valence-electron chi connectivity index (χ4n) is 2.56. The number of nitrogens with zero attached hydrogens (tertiary/aromatic N) is 2. The lowest BCUT2D eigenvalue weighted by molar-refractivity contribution is 0.0600. The molecule has 0 bridgehead atoms. The third-order valence-corrected chi connectivity index (χ3v) is 4.28. The van der Waals surface area contributed by atoms with Gasteiger partial charge in [0.2, 0.25) is 0 Å². The van der Waals surface area contributed by atoms with Crippen molar-refractivity contribution in [3.8, 4) is 5.69 Å². The van der Waals surface area contributed by atoms with Gasteiger partial charge in [-0.1, -0.05) is 23.7 Å². The summed E-state index contributed by atoms with van der Waals surface area (Å²) in [5.74, 6) is -0.967. The number of carbonyl (C=O) groups is 2. The maximum atomic E-state index is 12.6. The van der Waals surface area contributed by atoms with Crippen molar-refractivity contribution in [1.29, 1.82) is 0 Å². The zero-order valence-electron chi connectivity index (χ0n) is 15.1. The third kappa shape index (κ3) is 4.58. The molecular weight excluding hydrogens is 400 g/mol. The average Bonchev–Trinajstić information content (AvgIpc) is 2.72. The molecule has 0 saturated carbocycles. The molecule has 1 aromatic heterocycles. The molecule has 10 heteroatoms. The van der Waals surface area contributed by atoms with Crippen molar-refractivity contribution in [3.05, 3.63) is 91.2 Å². The van der Waals surface area contributed by atoms with E-state index >= 15 is 0 Å². The van der Waals surface area contributed by atoms with Crippen molar-refractivity contribution < 1.29 is 14.3 Å². The van der Waals surface area contributed by atoms with E-state index in [0.717, 1.165) is 10.9 Å². The zero-order valence-corrected chi connectivity index (χ0v) is 15.9. The molecule has 0 spiro atoms. The number of aromatic amines is 1. The first kappa shape index (κ1) is 20.0. The molecule has 3 rings (SSSR count). The van der Waals surface area contributed by atoms with Gasteiger partial charge in [0.25, 0.3) is 11.5 Å². The number of H-pyrrole nitrogens is 1. The number of benzene rings is 2. The van der Waals surface area contributed by atoms with Gasteiger partial charge in [0.05, 0.1) is 28.9 Å². The Kier molecular flexibility index (Phi) is 5.89. The van der Waals surface area contributed by atoms with Gasteiger partial charge in [0.1, 0.15) is 6.20 Å². The maximum absolute atomic E-state index is 12.6. The van der Waals surface area contributed by atoms with Gasteiger partial charge in [0, 0.05) is 6.54 Å². The summed E-state index contributed by atoms with van der Waals surface area (Å²) in [6.07, 6.45) is 0.948. The van der Waals surface area contributed by atoms with Gasteiger partial charge < -0.3 is 10.1 Å². The minimum Gasteiger partial charge on any atom is -0.465 e. The number of methoxy groups -OCH3 is 1. The second-order valence-corrected chi connectivity index (χ2v) is 6.30. The Labute approximate surface area is 168 Å². The van der Waals surface area contributed by atoms with Crippen molar-refractivity contribution in [1.82, 2.24) is 20.1 Å². The van der Waals surface area contributed by atoms with Crippen molar-refractivity contribution in [2.75, 3.05) is 7.11 Å². The summed E-state index contributed by atoms with van der Waals surface area (Å²) in [4.78, 5) is 49.3. The number of amides is 1. The highest BCUT2D eigenvalue weighted by atomic mass is 35.5. The van der Waals surface area contributed by atoms with Crippen LogP contribution in [0.3, 0.4) is 0 Å². The van der Waals surface area contributed by atoms with E-state index in [-0.39, 0.29) is 22.8 Å². The second kappa shape index (κ2) is 8.53. The fourth-order valence-corrected chi connectivity index (χ4v) is 2.76. The Morgan fingerprint density at radius 2 is 2.00 bits per heavy atom. The lowest BCUT2D eigenvalue weighted by atomic mass is 10.1. The highest BCUT2D eigenvalue weighted by Gasteiger charge is 2.14. The van der Waals surface area contributed by atoms with Crippen LogP contribution < -0.4 is 16.6 Å². The molecule has 0 aliphatic carbocycles. The van der Waals surface area contributed by atoms with E-state index in [1.807, 2.05) is 0 Å². The maximum Gasteiger partial charge on any atom is 0.349 e. The Morgan fingerprint density at radius 1 is 1.21 bits per heavy atom. The third-order valence-electron chi connectivity index (χ3n) is 3.95. The number of hydrogen-bond acceptors (Lipinski definition) is 6. The van der Waals surface area contributed by atoms with Crippen LogP contribution in [0, 0.1) is 0 Å². The summed E-state index contributed by atoms with van der Waals surface area (Å²) in [5, 5.41) is 6.62. The molecule has 3 aromatic rings. The van der Waals surface area contributed by atoms with Crippen LogP contribution in [0.5, 0.6) is 0 Å². The van der Waals surface area contributed by atoms with Crippen molar-refractivity contribution >= 4 is 23.5 Å². The molecule has 0 atom stereocenters. The van der Waals surface area contributed by atoms with Crippen molar-refractivity contribution in [2.45, 2.75) is 6.54 Å². The van der Waals surface area contributed by atoms with Crippen LogP contribution in [0.4, 0.5) is 0 Å². The quantitative estimate of drug-likeness (QED) is 0.606. The normalized spacial score (nSPS) is 10.4. The summed E-state index contributed by atoms with van der Waals surface area (Å²) >= 11 is 6.12. The summed E-state index contributed by atoms with van der Waals surface area (Å²) in [7, 11) is 1.29. The molecule has 1 heterocycles. The SMILES string of the molecule is COC(=O)c1cccc(CNC(=O)c2cc(-n3ncc(=O)[nH]c3=O)ccc2Cl)c1. The number of rotatable bonds is 5. The molecule has 2 N–H and O–H groups in total. The van der Waals surface area contributed by atoms with Crippen molar-refractivity contribution in [3.63, 3.8) is 0 Å². The number of aromatic nitrogens is 3. The smallest absolute Gasteiger partial charge is 0.349 e. The van der Waals surface area contributed by atoms with E-state index in [1.165, 1.54) is 25.3 Å². The number of nitrogens with one attached hydrogen (secondary N) is 2. The van der Waals surface area contributed by atoms with E-state index in [2.05, 4.69) is 20.1 Å². The monoisotopic (exact) mass is 414 g/mol. The van der Waals surface area contributed by atoms with Gasteiger partial charge in [-0.05, 0) is 35.9 Å². The molecule has 0 radical (unpaired) electrons. The highest BCUT2D eigenvalue weighted by molar-refractivity contribution is 6.33.